The minimum absolute atomic E-state index is 0.671. The van der Waals surface area contributed by atoms with Gasteiger partial charge in [-0.2, -0.15) is 0 Å². The molecule has 1 N–H and O–H groups in total. The molecule has 0 fully saturated rings. The highest BCUT2D eigenvalue weighted by Crippen LogP contribution is 2.23. The Morgan fingerprint density at radius 1 is 1.27 bits per heavy atom. The Balaban J connectivity index is 0.000000461. The molecule has 0 aliphatic heterocycles. The smallest absolute Gasteiger partial charge is 0.155 e. The van der Waals surface area contributed by atoms with Crippen molar-refractivity contribution in [1.82, 2.24) is 4.98 Å². The van der Waals surface area contributed by atoms with Crippen molar-refractivity contribution in [3.05, 3.63) is 12.3 Å². The predicted molar refractivity (Wildman–Crippen MR) is 50.6 cm³/mol. The van der Waals surface area contributed by atoms with Crippen LogP contribution in [0.2, 0.25) is 0 Å². The fourth-order valence-electron chi connectivity index (χ4n) is 0.607. The normalized spacial score (nSPS) is 7.82. The molecule has 0 aliphatic rings. The van der Waals surface area contributed by atoms with E-state index in [0.717, 1.165) is 5.69 Å². The Labute approximate surface area is 66.9 Å². The molecule has 11 heavy (non-hydrogen) atoms. The second-order valence-corrected chi connectivity index (χ2v) is 1.53. The highest BCUT2D eigenvalue weighted by atomic mass is 14.9. The molecule has 0 amide bonds. The molecule has 1 rings (SSSR count). The molecule has 3 nitrogen and oxygen atoms in total. The lowest BCUT2D eigenvalue weighted by Gasteiger charge is -1.85. The summed E-state index contributed by atoms with van der Waals surface area (Å²) in [6.45, 7) is 10.7. The summed E-state index contributed by atoms with van der Waals surface area (Å²) in [6, 6.07) is 1.79. The number of rotatable bonds is 2. The van der Waals surface area contributed by atoms with Crippen molar-refractivity contribution < 1.29 is 0 Å². The molecule has 0 spiro atoms. The van der Waals surface area contributed by atoms with E-state index in [1.807, 2.05) is 13.8 Å². The van der Waals surface area contributed by atoms with Gasteiger partial charge in [0.05, 0.1) is 0 Å². The van der Waals surface area contributed by atoms with E-state index in [4.69, 9.17) is 0 Å². The van der Waals surface area contributed by atoms with Gasteiger partial charge in [-0.15, -0.1) is 0 Å². The first-order valence-electron chi connectivity index (χ1n) is 3.49. The Hall–Kier alpha value is -1.38. The third-order valence-corrected chi connectivity index (χ3v) is 1.03. The predicted octanol–water partition coefficient (Wildman–Crippen LogP) is 2.71. The average Bonchev–Trinajstić information content (AvgIpc) is 2.54. The van der Waals surface area contributed by atoms with Gasteiger partial charge in [-0.1, -0.05) is 13.8 Å². The maximum absolute atomic E-state index is 3.69. The van der Waals surface area contributed by atoms with Crippen molar-refractivity contribution in [1.29, 1.82) is 0 Å². The number of nitrogens with one attached hydrogen (secondary N) is 1. The van der Waals surface area contributed by atoms with Crippen molar-refractivity contribution in [3.63, 3.8) is 0 Å². The Bertz CT molecular complexity index is 202. The molecule has 1 heterocycles. The second-order valence-electron chi connectivity index (χ2n) is 1.53. The fourth-order valence-corrected chi connectivity index (χ4v) is 0.607. The maximum Gasteiger partial charge on any atom is 0.155 e. The topological polar surface area (TPSA) is 40.5 Å². The molecule has 60 valence electrons. The summed E-state index contributed by atoms with van der Waals surface area (Å²) in [5.41, 5.74) is 0.741. The van der Waals surface area contributed by atoms with Crippen molar-refractivity contribution in [3.8, 4) is 0 Å². The monoisotopic (exact) mass is 151 g/mol. The Morgan fingerprint density at radius 2 is 1.91 bits per heavy atom. The van der Waals surface area contributed by atoms with E-state index < -0.39 is 0 Å². The molecular formula is C8H13N3. The first-order valence-corrected chi connectivity index (χ1v) is 3.49. The van der Waals surface area contributed by atoms with Crippen molar-refractivity contribution in [2.24, 2.45) is 9.98 Å². The van der Waals surface area contributed by atoms with Crippen LogP contribution in [0.1, 0.15) is 13.8 Å². The molecule has 0 aliphatic carbocycles. The quantitative estimate of drug-likeness (QED) is 0.631. The average molecular weight is 151 g/mol. The highest BCUT2D eigenvalue weighted by molar-refractivity contribution is 5.62. The molecule has 0 atom stereocenters. The number of aromatic amines is 1. The van der Waals surface area contributed by atoms with Gasteiger partial charge in [0, 0.05) is 6.20 Å². The molecule has 0 saturated carbocycles. The van der Waals surface area contributed by atoms with E-state index in [1.54, 1.807) is 12.3 Å². The van der Waals surface area contributed by atoms with E-state index in [2.05, 4.69) is 28.4 Å². The van der Waals surface area contributed by atoms with E-state index in [9.17, 15) is 0 Å². The van der Waals surface area contributed by atoms with Gasteiger partial charge in [-0.3, -0.25) is 4.99 Å². The van der Waals surface area contributed by atoms with Crippen LogP contribution in [-0.4, -0.2) is 18.4 Å². The van der Waals surface area contributed by atoms with Gasteiger partial charge in [-0.25, -0.2) is 4.99 Å². The zero-order chi connectivity index (χ0) is 8.69. The van der Waals surface area contributed by atoms with Gasteiger partial charge in [0.1, 0.15) is 5.69 Å². The zero-order valence-electron chi connectivity index (χ0n) is 6.96. The summed E-state index contributed by atoms with van der Waals surface area (Å²) in [5.74, 6) is 0.671. The third kappa shape index (κ3) is 2.37. The van der Waals surface area contributed by atoms with Crippen LogP contribution in [0.25, 0.3) is 0 Å². The van der Waals surface area contributed by atoms with Gasteiger partial charge in [-0.05, 0) is 19.5 Å². The molecule has 0 bridgehead atoms. The Kier molecular flexibility index (Phi) is 4.73. The lowest BCUT2D eigenvalue weighted by atomic mass is 10.5. The van der Waals surface area contributed by atoms with Crippen LogP contribution < -0.4 is 0 Å². The lowest BCUT2D eigenvalue weighted by molar-refractivity contribution is 1.34. The number of nitrogens with zero attached hydrogens (tertiary/aromatic N) is 2. The standard InChI is InChI=1S/C6H7N3.C2H6/c1-7-5-3-4-9-6(5)8-2;1-2/h3-4,9H,1-2H2;1-2H3. The molecule has 0 saturated heterocycles. The molecular weight excluding hydrogens is 138 g/mol. The van der Waals surface area contributed by atoms with Gasteiger partial charge in [0.15, 0.2) is 5.82 Å². The SMILES string of the molecule is C=Nc1cc[nH]c1N=C.CC. The number of H-pyrrole nitrogens is 1. The van der Waals surface area contributed by atoms with Crippen LogP contribution >= 0.6 is 0 Å². The van der Waals surface area contributed by atoms with Crippen LogP contribution in [0.3, 0.4) is 0 Å². The van der Waals surface area contributed by atoms with Crippen molar-refractivity contribution in [2.75, 3.05) is 0 Å². The number of aliphatic imine (C=N–C) groups is 2. The van der Waals surface area contributed by atoms with Gasteiger partial charge >= 0.3 is 0 Å². The summed E-state index contributed by atoms with van der Waals surface area (Å²) in [6.07, 6.45) is 1.74. The highest BCUT2D eigenvalue weighted by Gasteiger charge is 1.94. The van der Waals surface area contributed by atoms with E-state index in [0.29, 0.717) is 5.82 Å². The van der Waals surface area contributed by atoms with Crippen LogP contribution in [0, 0.1) is 0 Å². The summed E-state index contributed by atoms with van der Waals surface area (Å²) >= 11 is 0. The molecule has 1 aromatic rings. The van der Waals surface area contributed by atoms with Crippen LogP contribution in [0.15, 0.2) is 22.2 Å². The van der Waals surface area contributed by atoms with Gasteiger partial charge in [0.2, 0.25) is 0 Å². The largest absolute Gasteiger partial charge is 0.345 e. The fraction of sp³-hybridized carbons (Fsp3) is 0.250. The van der Waals surface area contributed by atoms with Gasteiger partial charge < -0.3 is 4.98 Å². The van der Waals surface area contributed by atoms with Crippen molar-refractivity contribution >= 4 is 24.9 Å². The van der Waals surface area contributed by atoms with Crippen LogP contribution in [-0.2, 0) is 0 Å². The van der Waals surface area contributed by atoms with Crippen LogP contribution in [0.5, 0.6) is 0 Å². The third-order valence-electron chi connectivity index (χ3n) is 1.03. The molecule has 0 radical (unpaired) electrons. The van der Waals surface area contributed by atoms with E-state index >= 15 is 0 Å². The molecule has 0 aromatic carbocycles. The first-order chi connectivity index (χ1) is 5.38. The second kappa shape index (κ2) is 5.41. The van der Waals surface area contributed by atoms with Crippen LogP contribution in [0.4, 0.5) is 11.5 Å². The first kappa shape index (κ1) is 9.62. The molecule has 0 unspecified atom stereocenters. The Morgan fingerprint density at radius 3 is 2.27 bits per heavy atom. The van der Waals surface area contributed by atoms with Crippen molar-refractivity contribution in [2.45, 2.75) is 13.8 Å². The maximum atomic E-state index is 3.69. The summed E-state index contributed by atoms with van der Waals surface area (Å²) < 4.78 is 0. The number of aromatic nitrogens is 1. The summed E-state index contributed by atoms with van der Waals surface area (Å²) in [5, 5.41) is 0. The number of hydrogen-bond donors (Lipinski definition) is 1. The van der Waals surface area contributed by atoms with Gasteiger partial charge in [0.25, 0.3) is 0 Å². The zero-order valence-corrected chi connectivity index (χ0v) is 6.96. The summed E-state index contributed by atoms with van der Waals surface area (Å²) in [4.78, 5) is 10.2. The molecule has 1 aromatic heterocycles. The molecule has 3 heteroatoms. The minimum atomic E-state index is 0.671. The minimum Gasteiger partial charge on any atom is -0.345 e. The number of hydrogen-bond acceptors (Lipinski definition) is 2. The lowest BCUT2D eigenvalue weighted by Crippen LogP contribution is -1.57. The summed E-state index contributed by atoms with van der Waals surface area (Å²) in [7, 11) is 0. The van der Waals surface area contributed by atoms with E-state index in [1.165, 1.54) is 0 Å². The van der Waals surface area contributed by atoms with E-state index in [-0.39, 0.29) is 0 Å².